The highest BCUT2D eigenvalue weighted by Gasteiger charge is 2.24. The van der Waals surface area contributed by atoms with Crippen molar-refractivity contribution in [3.05, 3.63) is 46.7 Å². The number of halogens is 2. The maximum atomic E-state index is 13.8. The van der Waals surface area contributed by atoms with Crippen molar-refractivity contribution >= 4 is 11.8 Å². The maximum absolute atomic E-state index is 13.8. The second kappa shape index (κ2) is 7.79. The van der Waals surface area contributed by atoms with Crippen molar-refractivity contribution in [2.24, 2.45) is 0 Å². The van der Waals surface area contributed by atoms with Gasteiger partial charge in [-0.1, -0.05) is 43.2 Å². The van der Waals surface area contributed by atoms with Gasteiger partial charge in [0.1, 0.15) is 11.6 Å². The molecule has 1 heterocycles. The highest BCUT2D eigenvalue weighted by Crippen LogP contribution is 2.36. The minimum atomic E-state index is -0.899. The molecular weight excluding hydrogens is 344 g/mol. The zero-order chi connectivity index (χ0) is 17.8. The maximum Gasteiger partial charge on any atom is 0.233 e. The second-order valence-electron chi connectivity index (χ2n) is 6.04. The Morgan fingerprint density at radius 3 is 2.68 bits per heavy atom. The Morgan fingerprint density at radius 2 is 1.96 bits per heavy atom. The van der Waals surface area contributed by atoms with Crippen LogP contribution in [0.3, 0.4) is 0 Å². The van der Waals surface area contributed by atoms with E-state index in [2.05, 4.69) is 9.97 Å². The van der Waals surface area contributed by atoms with Gasteiger partial charge in [0.05, 0.1) is 5.69 Å². The molecule has 0 radical (unpaired) electrons. The first-order valence-electron chi connectivity index (χ1n) is 8.17. The SMILES string of the molecule is N#Cc1c(O)nc(SCc2cccc(F)c2F)nc1C1CCCCC1. The molecule has 7 heteroatoms. The second-order valence-corrected chi connectivity index (χ2v) is 6.98. The van der Waals surface area contributed by atoms with Gasteiger partial charge in [-0.2, -0.15) is 10.2 Å². The number of nitrogens with zero attached hydrogens (tertiary/aromatic N) is 3. The summed E-state index contributed by atoms with van der Waals surface area (Å²) in [5, 5.41) is 19.6. The quantitative estimate of drug-likeness (QED) is 0.633. The van der Waals surface area contributed by atoms with Crippen molar-refractivity contribution in [3.8, 4) is 11.9 Å². The normalized spacial score (nSPS) is 15.1. The highest BCUT2D eigenvalue weighted by atomic mass is 32.2. The highest BCUT2D eigenvalue weighted by molar-refractivity contribution is 7.98. The third kappa shape index (κ3) is 3.90. The lowest BCUT2D eigenvalue weighted by Crippen LogP contribution is -2.10. The standard InChI is InChI=1S/C18H17F2N3OS/c19-14-8-4-7-12(15(14)20)10-25-18-22-16(11-5-2-1-3-6-11)13(9-21)17(24)23-18/h4,7-8,11H,1-3,5-6,10H2,(H,22,23,24). The lowest BCUT2D eigenvalue weighted by atomic mass is 9.85. The smallest absolute Gasteiger partial charge is 0.233 e. The lowest BCUT2D eigenvalue weighted by molar-refractivity contribution is 0.415. The van der Waals surface area contributed by atoms with Gasteiger partial charge in [0.25, 0.3) is 0 Å². The van der Waals surface area contributed by atoms with Crippen molar-refractivity contribution in [2.45, 2.75) is 48.9 Å². The fraction of sp³-hybridized carbons (Fsp3) is 0.389. The van der Waals surface area contributed by atoms with Crippen LogP contribution in [0.2, 0.25) is 0 Å². The van der Waals surface area contributed by atoms with E-state index < -0.39 is 11.6 Å². The first-order valence-corrected chi connectivity index (χ1v) is 9.15. The molecule has 130 valence electrons. The Morgan fingerprint density at radius 1 is 1.20 bits per heavy atom. The third-order valence-corrected chi connectivity index (χ3v) is 5.29. The summed E-state index contributed by atoms with van der Waals surface area (Å²) in [6, 6.07) is 5.99. The van der Waals surface area contributed by atoms with E-state index in [1.807, 2.05) is 6.07 Å². The molecule has 0 spiro atoms. The Kier molecular flexibility index (Phi) is 5.49. The van der Waals surface area contributed by atoms with Crippen LogP contribution in [0.4, 0.5) is 8.78 Å². The van der Waals surface area contributed by atoms with Gasteiger partial charge in [-0.15, -0.1) is 0 Å². The van der Waals surface area contributed by atoms with Crippen molar-refractivity contribution in [2.75, 3.05) is 0 Å². The topological polar surface area (TPSA) is 69.8 Å². The van der Waals surface area contributed by atoms with Crippen LogP contribution >= 0.6 is 11.8 Å². The van der Waals surface area contributed by atoms with Crippen LogP contribution in [-0.2, 0) is 5.75 Å². The molecule has 0 aliphatic heterocycles. The van der Waals surface area contributed by atoms with E-state index in [4.69, 9.17) is 0 Å². The summed E-state index contributed by atoms with van der Waals surface area (Å²) in [5.41, 5.74) is 0.891. The van der Waals surface area contributed by atoms with Gasteiger partial charge in [-0.25, -0.2) is 13.8 Å². The number of rotatable bonds is 4. The molecule has 1 aromatic carbocycles. The third-order valence-electron chi connectivity index (χ3n) is 4.39. The summed E-state index contributed by atoms with van der Waals surface area (Å²) in [6.07, 6.45) is 5.14. The molecule has 1 aliphatic carbocycles. The zero-order valence-electron chi connectivity index (χ0n) is 13.5. The van der Waals surface area contributed by atoms with Gasteiger partial charge < -0.3 is 5.11 Å². The molecule has 0 saturated heterocycles. The number of hydrogen-bond acceptors (Lipinski definition) is 5. The summed E-state index contributed by atoms with van der Waals surface area (Å²) < 4.78 is 27.0. The van der Waals surface area contributed by atoms with Gasteiger partial charge in [-0.3, -0.25) is 0 Å². The number of hydrogen-bond donors (Lipinski definition) is 1. The van der Waals surface area contributed by atoms with E-state index in [-0.39, 0.29) is 33.8 Å². The van der Waals surface area contributed by atoms with Crippen LogP contribution in [-0.4, -0.2) is 15.1 Å². The van der Waals surface area contributed by atoms with Gasteiger partial charge in [0, 0.05) is 17.2 Å². The molecule has 4 nitrogen and oxygen atoms in total. The number of nitriles is 1. The number of aromatic nitrogens is 2. The molecule has 0 amide bonds. The van der Waals surface area contributed by atoms with Gasteiger partial charge in [0.2, 0.25) is 5.88 Å². The van der Waals surface area contributed by atoms with Crippen LogP contribution in [0.1, 0.15) is 54.8 Å². The van der Waals surface area contributed by atoms with Crippen molar-refractivity contribution in [1.82, 2.24) is 9.97 Å². The number of aromatic hydroxyl groups is 1. The van der Waals surface area contributed by atoms with Gasteiger partial charge in [0.15, 0.2) is 16.8 Å². The minimum Gasteiger partial charge on any atom is -0.492 e. The predicted octanol–water partition coefficient (Wildman–Crippen LogP) is 4.67. The molecule has 0 bridgehead atoms. The van der Waals surface area contributed by atoms with Crippen molar-refractivity contribution in [1.29, 1.82) is 5.26 Å². The number of benzene rings is 1. The molecule has 1 aliphatic rings. The first-order chi connectivity index (χ1) is 12.1. The molecule has 3 rings (SSSR count). The average Bonchev–Trinajstić information content (AvgIpc) is 2.63. The van der Waals surface area contributed by atoms with Crippen molar-refractivity contribution < 1.29 is 13.9 Å². The summed E-state index contributed by atoms with van der Waals surface area (Å²) >= 11 is 1.11. The van der Waals surface area contributed by atoms with Crippen LogP contribution in [0.15, 0.2) is 23.4 Å². The van der Waals surface area contributed by atoms with Crippen LogP contribution in [0, 0.1) is 23.0 Å². The van der Waals surface area contributed by atoms with E-state index in [0.29, 0.717) is 5.69 Å². The fourth-order valence-corrected chi connectivity index (χ4v) is 3.91. The summed E-state index contributed by atoms with van der Waals surface area (Å²) in [7, 11) is 0. The number of thioether (sulfide) groups is 1. The Hall–Kier alpha value is -2.20. The molecule has 0 atom stereocenters. The van der Waals surface area contributed by atoms with Gasteiger partial charge in [-0.05, 0) is 18.9 Å². The minimum absolute atomic E-state index is 0.119. The van der Waals surface area contributed by atoms with Gasteiger partial charge >= 0.3 is 0 Å². The van der Waals surface area contributed by atoms with Crippen LogP contribution < -0.4 is 0 Å². The van der Waals surface area contributed by atoms with E-state index in [0.717, 1.165) is 49.9 Å². The molecule has 1 saturated carbocycles. The molecule has 25 heavy (non-hydrogen) atoms. The molecular formula is C18H17F2N3OS. The summed E-state index contributed by atoms with van der Waals surface area (Å²) in [5.74, 6) is -1.87. The van der Waals surface area contributed by atoms with E-state index in [1.165, 1.54) is 12.1 Å². The lowest BCUT2D eigenvalue weighted by Gasteiger charge is -2.22. The zero-order valence-corrected chi connectivity index (χ0v) is 14.3. The monoisotopic (exact) mass is 361 g/mol. The molecule has 1 fully saturated rings. The van der Waals surface area contributed by atoms with E-state index in [9.17, 15) is 19.1 Å². The predicted molar refractivity (Wildman–Crippen MR) is 90.2 cm³/mol. The average molecular weight is 361 g/mol. The Balaban J connectivity index is 1.85. The molecule has 0 unspecified atom stereocenters. The first kappa shape index (κ1) is 17.6. The van der Waals surface area contributed by atoms with Crippen LogP contribution in [0.25, 0.3) is 0 Å². The summed E-state index contributed by atoms with van der Waals surface area (Å²) in [6.45, 7) is 0. The van der Waals surface area contributed by atoms with Crippen LogP contribution in [0.5, 0.6) is 5.88 Å². The largest absolute Gasteiger partial charge is 0.492 e. The molecule has 2 aromatic rings. The fourth-order valence-electron chi connectivity index (χ4n) is 3.09. The molecule has 1 aromatic heterocycles. The Labute approximate surface area is 148 Å². The van der Waals surface area contributed by atoms with E-state index >= 15 is 0 Å². The Bertz CT molecular complexity index is 817. The molecule has 1 N–H and O–H groups in total. The summed E-state index contributed by atoms with van der Waals surface area (Å²) in [4.78, 5) is 8.38. The van der Waals surface area contributed by atoms with E-state index in [1.54, 1.807) is 0 Å². The van der Waals surface area contributed by atoms with Crippen molar-refractivity contribution in [3.63, 3.8) is 0 Å².